The summed E-state index contributed by atoms with van der Waals surface area (Å²) in [6, 6.07) is 16.7. The molecule has 1 atom stereocenters. The second-order valence-electron chi connectivity index (χ2n) is 4.99. The summed E-state index contributed by atoms with van der Waals surface area (Å²) >= 11 is 5.97. The Labute approximate surface area is 134 Å². The summed E-state index contributed by atoms with van der Waals surface area (Å²) in [5.41, 5.74) is 2.07. The summed E-state index contributed by atoms with van der Waals surface area (Å²) in [5, 5.41) is 14.4. The van der Waals surface area contributed by atoms with Crippen LogP contribution in [0.3, 0.4) is 0 Å². The Bertz CT molecular complexity index is 709. The maximum atomic E-state index is 12.0. The Hall–Kier alpha value is -2.35. The molecule has 0 heterocycles. The zero-order valence-corrected chi connectivity index (χ0v) is 13.0. The number of nitrogens with zero attached hydrogens (tertiary/aromatic N) is 1. The topological polar surface area (TPSA) is 69.5 Å². The van der Waals surface area contributed by atoms with Gasteiger partial charge in [-0.05, 0) is 31.2 Å². The first-order valence-corrected chi connectivity index (χ1v) is 7.35. The summed E-state index contributed by atoms with van der Waals surface area (Å²) < 4.78 is 0. The van der Waals surface area contributed by atoms with Crippen molar-refractivity contribution in [1.82, 2.24) is 0 Å². The highest BCUT2D eigenvalue weighted by atomic mass is 35.5. The first-order valence-electron chi connectivity index (χ1n) is 6.98. The zero-order valence-electron chi connectivity index (χ0n) is 12.2. The maximum absolute atomic E-state index is 12.0. The average molecular weight is 315 g/mol. The lowest BCUT2D eigenvalue weighted by Gasteiger charge is -2.12. The highest BCUT2D eigenvalue weighted by molar-refractivity contribution is 6.30. The van der Waals surface area contributed by atoms with Crippen LogP contribution in [0.2, 0.25) is 5.02 Å². The van der Waals surface area contributed by atoms with Gasteiger partial charge in [-0.25, -0.2) is 0 Å². The molecule has 3 N–H and O–H groups in total. The molecule has 0 saturated heterocycles. The first-order chi connectivity index (χ1) is 10.6. The van der Waals surface area contributed by atoms with Crippen LogP contribution in [0.1, 0.15) is 24.1 Å². The van der Waals surface area contributed by atoms with E-state index in [1.54, 1.807) is 24.3 Å². The number of nitriles is 1. The van der Waals surface area contributed by atoms with Gasteiger partial charge in [-0.3, -0.25) is 4.79 Å². The van der Waals surface area contributed by atoms with Gasteiger partial charge in [-0.2, -0.15) is 5.26 Å². The van der Waals surface area contributed by atoms with Gasteiger partial charge in [0.15, 0.2) is 6.54 Å². The summed E-state index contributed by atoms with van der Waals surface area (Å²) in [6.45, 7) is 2.29. The maximum Gasteiger partial charge on any atom is 0.279 e. The van der Waals surface area contributed by atoms with Crippen molar-refractivity contribution in [1.29, 1.82) is 5.26 Å². The fourth-order valence-corrected chi connectivity index (χ4v) is 2.30. The summed E-state index contributed by atoms with van der Waals surface area (Å²) in [4.78, 5) is 12.0. The molecule has 2 aromatic rings. The lowest BCUT2D eigenvalue weighted by molar-refractivity contribution is -0.682. The monoisotopic (exact) mass is 314 g/mol. The highest BCUT2D eigenvalue weighted by Gasteiger charge is 2.13. The van der Waals surface area contributed by atoms with Crippen LogP contribution in [0, 0.1) is 11.3 Å². The Morgan fingerprint density at radius 1 is 1.32 bits per heavy atom. The van der Waals surface area contributed by atoms with Gasteiger partial charge in [0, 0.05) is 10.6 Å². The molecule has 1 amide bonds. The number of carbonyl (C=O) groups excluding carboxylic acids is 1. The van der Waals surface area contributed by atoms with Crippen molar-refractivity contribution in [2.24, 2.45) is 0 Å². The third-order valence-corrected chi connectivity index (χ3v) is 3.59. The van der Waals surface area contributed by atoms with Crippen LogP contribution in [0.4, 0.5) is 5.69 Å². The molecule has 0 spiro atoms. The lowest BCUT2D eigenvalue weighted by atomic mass is 10.1. The average Bonchev–Trinajstić information content (AvgIpc) is 2.53. The fraction of sp³-hybridized carbons (Fsp3) is 0.176. The number of carbonyl (C=O) groups is 1. The van der Waals surface area contributed by atoms with Gasteiger partial charge < -0.3 is 10.6 Å². The number of rotatable bonds is 5. The standard InChI is InChI=1S/C17H16ClN3O/c1-12(13-6-4-7-15(18)9-13)20-11-17(22)21-16-8-3-2-5-14(16)10-19/h2-9,12,20H,11H2,1H3,(H,21,22)/p+1/t12-/m1/s1. The summed E-state index contributed by atoms with van der Waals surface area (Å²) in [7, 11) is 0. The molecular formula is C17H17ClN3O+. The summed E-state index contributed by atoms with van der Waals surface area (Å²) in [6.07, 6.45) is 0. The van der Waals surface area contributed by atoms with E-state index in [1.165, 1.54) is 0 Å². The smallest absolute Gasteiger partial charge is 0.279 e. The minimum absolute atomic E-state index is 0.121. The van der Waals surface area contributed by atoms with Crippen LogP contribution in [-0.2, 0) is 4.79 Å². The number of hydrogen-bond donors (Lipinski definition) is 2. The minimum Gasteiger partial charge on any atom is -0.333 e. The zero-order chi connectivity index (χ0) is 15.9. The van der Waals surface area contributed by atoms with Crippen LogP contribution in [0.5, 0.6) is 0 Å². The molecule has 0 aliphatic heterocycles. The predicted octanol–water partition coefficient (Wildman–Crippen LogP) is 2.47. The molecular weight excluding hydrogens is 298 g/mol. The molecule has 4 nitrogen and oxygen atoms in total. The molecule has 0 aliphatic carbocycles. The number of benzene rings is 2. The molecule has 0 fully saturated rings. The molecule has 112 valence electrons. The van der Waals surface area contributed by atoms with Crippen LogP contribution in [0.15, 0.2) is 48.5 Å². The molecule has 0 aliphatic rings. The Balaban J connectivity index is 1.92. The third-order valence-electron chi connectivity index (χ3n) is 3.35. The van der Waals surface area contributed by atoms with Crippen molar-refractivity contribution < 1.29 is 10.1 Å². The molecule has 5 heteroatoms. The van der Waals surface area contributed by atoms with Crippen molar-refractivity contribution in [2.45, 2.75) is 13.0 Å². The predicted molar refractivity (Wildman–Crippen MR) is 86.4 cm³/mol. The number of nitrogens with two attached hydrogens (primary N) is 1. The van der Waals surface area contributed by atoms with Gasteiger partial charge in [-0.15, -0.1) is 0 Å². The molecule has 22 heavy (non-hydrogen) atoms. The molecule has 2 aromatic carbocycles. The van der Waals surface area contributed by atoms with Crippen LogP contribution in [-0.4, -0.2) is 12.5 Å². The largest absolute Gasteiger partial charge is 0.333 e. The van der Waals surface area contributed by atoms with Crippen LogP contribution < -0.4 is 10.6 Å². The van der Waals surface area contributed by atoms with E-state index in [0.717, 1.165) is 5.56 Å². The molecule has 0 radical (unpaired) electrons. The van der Waals surface area contributed by atoms with Gasteiger partial charge >= 0.3 is 0 Å². The Morgan fingerprint density at radius 3 is 2.82 bits per heavy atom. The highest BCUT2D eigenvalue weighted by Crippen LogP contribution is 2.15. The van der Waals surface area contributed by atoms with Crippen molar-refractivity contribution in [3.05, 3.63) is 64.7 Å². The van der Waals surface area contributed by atoms with E-state index < -0.39 is 0 Å². The first kappa shape index (κ1) is 16.0. The molecule has 0 unspecified atom stereocenters. The second kappa shape index (κ2) is 7.60. The summed E-state index contributed by atoms with van der Waals surface area (Å²) in [5.74, 6) is -0.142. The van der Waals surface area contributed by atoms with Crippen LogP contribution >= 0.6 is 11.6 Å². The third kappa shape index (κ3) is 4.32. The fourth-order valence-electron chi connectivity index (χ4n) is 2.10. The lowest BCUT2D eigenvalue weighted by Crippen LogP contribution is -2.86. The van der Waals surface area contributed by atoms with E-state index in [-0.39, 0.29) is 18.5 Å². The number of halogens is 1. The molecule has 0 aromatic heterocycles. The Morgan fingerprint density at radius 2 is 2.09 bits per heavy atom. The van der Waals surface area contributed by atoms with E-state index >= 15 is 0 Å². The van der Waals surface area contributed by atoms with Gasteiger partial charge in [0.25, 0.3) is 5.91 Å². The van der Waals surface area contributed by atoms with E-state index in [0.29, 0.717) is 16.3 Å². The number of hydrogen-bond acceptors (Lipinski definition) is 2. The SMILES string of the molecule is C[C@@H]([NH2+]CC(=O)Nc1ccccc1C#N)c1cccc(Cl)c1. The van der Waals surface area contributed by atoms with E-state index in [1.807, 2.05) is 36.5 Å². The van der Waals surface area contributed by atoms with E-state index in [9.17, 15) is 4.79 Å². The second-order valence-corrected chi connectivity index (χ2v) is 5.43. The number of nitrogens with one attached hydrogen (secondary N) is 1. The number of amides is 1. The molecule has 0 bridgehead atoms. The molecule has 0 saturated carbocycles. The Kier molecular flexibility index (Phi) is 5.54. The van der Waals surface area contributed by atoms with Crippen molar-refractivity contribution in [2.75, 3.05) is 11.9 Å². The van der Waals surface area contributed by atoms with Crippen LogP contribution in [0.25, 0.3) is 0 Å². The number of anilines is 1. The van der Waals surface area contributed by atoms with Gasteiger partial charge in [-0.1, -0.05) is 35.9 Å². The van der Waals surface area contributed by atoms with Crippen molar-refractivity contribution >= 4 is 23.2 Å². The number of quaternary nitrogens is 1. The van der Waals surface area contributed by atoms with Gasteiger partial charge in [0.1, 0.15) is 12.1 Å². The van der Waals surface area contributed by atoms with E-state index in [2.05, 4.69) is 11.4 Å². The van der Waals surface area contributed by atoms with Gasteiger partial charge in [0.05, 0.1) is 11.3 Å². The van der Waals surface area contributed by atoms with E-state index in [4.69, 9.17) is 16.9 Å². The normalized spacial score (nSPS) is 11.5. The number of para-hydroxylation sites is 1. The van der Waals surface area contributed by atoms with Crippen molar-refractivity contribution in [3.8, 4) is 6.07 Å². The molecule has 2 rings (SSSR count). The minimum atomic E-state index is -0.142. The quantitative estimate of drug-likeness (QED) is 0.890. The van der Waals surface area contributed by atoms with Crippen molar-refractivity contribution in [3.63, 3.8) is 0 Å². The van der Waals surface area contributed by atoms with Gasteiger partial charge in [0.2, 0.25) is 0 Å².